The molecule has 1 heterocycles. The summed E-state index contributed by atoms with van der Waals surface area (Å²) in [5.41, 5.74) is 1.26. The number of benzene rings is 1. The van der Waals surface area contributed by atoms with Crippen molar-refractivity contribution >= 4 is 29.9 Å². The van der Waals surface area contributed by atoms with Crippen molar-refractivity contribution in [3.05, 3.63) is 66.8 Å². The Morgan fingerprint density at radius 2 is 2.12 bits per heavy atom. The highest BCUT2D eigenvalue weighted by atomic mass is 127. The molecule has 0 atom stereocenters. The molecule has 0 saturated carbocycles. The molecule has 5 nitrogen and oxygen atoms in total. The second-order valence-electron chi connectivity index (χ2n) is 5.98. The fraction of sp³-hybridized carbons (Fsp3) is 0.400. The number of nitrogens with zero attached hydrogens (tertiary/aromatic N) is 4. The van der Waals surface area contributed by atoms with E-state index in [0.717, 1.165) is 44.3 Å². The number of guanidine groups is 1. The lowest BCUT2D eigenvalue weighted by atomic mass is 10.2. The summed E-state index contributed by atoms with van der Waals surface area (Å²) in [6, 6.07) is 10.4. The first-order valence-electron chi connectivity index (χ1n) is 8.89. The molecular formula is C20H30IN5. The fourth-order valence-corrected chi connectivity index (χ4v) is 2.61. The molecule has 1 aromatic heterocycles. The number of aromatic nitrogens is 2. The molecule has 26 heavy (non-hydrogen) atoms. The van der Waals surface area contributed by atoms with E-state index in [1.807, 2.05) is 24.5 Å². The largest absolute Gasteiger partial charge is 0.357 e. The topological polar surface area (TPSA) is 45.5 Å². The summed E-state index contributed by atoms with van der Waals surface area (Å²) in [6.07, 6.45) is 7.91. The number of unbranched alkanes of at least 4 members (excludes halogenated alkanes) is 1. The van der Waals surface area contributed by atoms with Crippen LogP contribution in [-0.4, -0.2) is 40.5 Å². The molecule has 0 bridgehead atoms. The summed E-state index contributed by atoms with van der Waals surface area (Å²) in [6.45, 7) is 9.05. The predicted octanol–water partition coefficient (Wildman–Crippen LogP) is 3.91. The summed E-state index contributed by atoms with van der Waals surface area (Å²) >= 11 is 0. The zero-order valence-electron chi connectivity index (χ0n) is 15.8. The van der Waals surface area contributed by atoms with E-state index in [1.165, 1.54) is 5.56 Å². The molecule has 0 saturated heterocycles. The molecule has 0 unspecified atom stereocenters. The highest BCUT2D eigenvalue weighted by Gasteiger charge is 2.07. The van der Waals surface area contributed by atoms with Gasteiger partial charge >= 0.3 is 0 Å². The highest BCUT2D eigenvalue weighted by molar-refractivity contribution is 14.0. The van der Waals surface area contributed by atoms with Crippen LogP contribution in [0.25, 0.3) is 0 Å². The van der Waals surface area contributed by atoms with E-state index in [9.17, 15) is 0 Å². The third-order valence-electron chi connectivity index (χ3n) is 3.97. The van der Waals surface area contributed by atoms with E-state index in [-0.39, 0.29) is 24.0 Å². The Kier molecular flexibility index (Phi) is 10.7. The van der Waals surface area contributed by atoms with Crippen LogP contribution < -0.4 is 5.32 Å². The minimum atomic E-state index is 0. The van der Waals surface area contributed by atoms with Crippen LogP contribution in [0.15, 0.2) is 60.4 Å². The summed E-state index contributed by atoms with van der Waals surface area (Å²) in [5, 5.41) is 3.35. The Bertz CT molecular complexity index is 666. The predicted molar refractivity (Wildman–Crippen MR) is 120 cm³/mol. The molecule has 142 valence electrons. The van der Waals surface area contributed by atoms with Gasteiger partial charge in [-0.3, -0.25) is 0 Å². The van der Waals surface area contributed by atoms with Gasteiger partial charge in [-0.25, -0.2) is 9.98 Å². The van der Waals surface area contributed by atoms with Gasteiger partial charge in [-0.2, -0.15) is 0 Å². The number of hydrogen-bond donors (Lipinski definition) is 1. The number of aliphatic imine (C=N–C) groups is 1. The van der Waals surface area contributed by atoms with Crippen LogP contribution in [0.2, 0.25) is 0 Å². The van der Waals surface area contributed by atoms with Gasteiger partial charge in [-0.15, -0.1) is 30.6 Å². The standard InChI is InChI=1S/C20H29N5.HI/c1-4-6-10-14-24(3)20(21-5-2)23-16-19-22-13-15-25(19)17-18-11-8-7-9-12-18;/h4,7-9,11-13,15H,1,5-6,10,14,16-17H2,2-3H3,(H,21,23);1H. The van der Waals surface area contributed by atoms with Crippen molar-refractivity contribution in [2.45, 2.75) is 32.9 Å². The van der Waals surface area contributed by atoms with Crippen molar-refractivity contribution in [3.8, 4) is 0 Å². The van der Waals surface area contributed by atoms with Crippen LogP contribution in [0.4, 0.5) is 0 Å². The smallest absolute Gasteiger partial charge is 0.194 e. The number of hydrogen-bond acceptors (Lipinski definition) is 2. The van der Waals surface area contributed by atoms with Crippen LogP contribution in [0.1, 0.15) is 31.2 Å². The van der Waals surface area contributed by atoms with Crippen molar-refractivity contribution in [1.82, 2.24) is 19.8 Å². The van der Waals surface area contributed by atoms with Crippen molar-refractivity contribution in [1.29, 1.82) is 0 Å². The van der Waals surface area contributed by atoms with Crippen molar-refractivity contribution in [2.24, 2.45) is 4.99 Å². The van der Waals surface area contributed by atoms with Gasteiger partial charge in [0, 0.05) is 39.1 Å². The van der Waals surface area contributed by atoms with Gasteiger partial charge in [0.1, 0.15) is 12.4 Å². The van der Waals surface area contributed by atoms with Crippen LogP contribution in [0, 0.1) is 0 Å². The zero-order chi connectivity index (χ0) is 17.9. The van der Waals surface area contributed by atoms with Crippen molar-refractivity contribution in [3.63, 3.8) is 0 Å². The Morgan fingerprint density at radius 1 is 1.35 bits per heavy atom. The summed E-state index contributed by atoms with van der Waals surface area (Å²) in [7, 11) is 2.07. The molecule has 1 N–H and O–H groups in total. The molecular weight excluding hydrogens is 437 g/mol. The molecule has 6 heteroatoms. The lowest BCUT2D eigenvalue weighted by Gasteiger charge is -2.21. The van der Waals surface area contributed by atoms with E-state index >= 15 is 0 Å². The van der Waals surface area contributed by atoms with Crippen LogP contribution in [0.3, 0.4) is 0 Å². The molecule has 2 rings (SSSR count). The number of nitrogens with one attached hydrogen (secondary N) is 1. The van der Waals surface area contributed by atoms with Gasteiger partial charge in [-0.1, -0.05) is 36.4 Å². The highest BCUT2D eigenvalue weighted by Crippen LogP contribution is 2.07. The van der Waals surface area contributed by atoms with E-state index in [2.05, 4.69) is 64.6 Å². The molecule has 1 aromatic carbocycles. The number of rotatable bonds is 9. The molecule has 0 amide bonds. The summed E-state index contributed by atoms with van der Waals surface area (Å²) < 4.78 is 2.15. The Labute approximate surface area is 174 Å². The third-order valence-corrected chi connectivity index (χ3v) is 3.97. The SMILES string of the molecule is C=CCCCN(C)C(=NCc1nccn1Cc1ccccc1)NCC.I. The Hall–Kier alpha value is -1.83. The Morgan fingerprint density at radius 3 is 2.81 bits per heavy atom. The van der Waals surface area contributed by atoms with Crippen LogP contribution in [-0.2, 0) is 13.1 Å². The minimum absolute atomic E-state index is 0. The van der Waals surface area contributed by atoms with Gasteiger partial charge in [0.2, 0.25) is 0 Å². The van der Waals surface area contributed by atoms with Crippen molar-refractivity contribution in [2.75, 3.05) is 20.1 Å². The van der Waals surface area contributed by atoms with E-state index in [0.29, 0.717) is 6.54 Å². The van der Waals surface area contributed by atoms with Gasteiger partial charge in [-0.05, 0) is 25.3 Å². The first-order chi connectivity index (χ1) is 12.2. The first kappa shape index (κ1) is 22.2. The third kappa shape index (κ3) is 7.19. The molecule has 0 aliphatic rings. The van der Waals surface area contributed by atoms with Gasteiger partial charge in [0.15, 0.2) is 5.96 Å². The summed E-state index contributed by atoms with van der Waals surface area (Å²) in [5.74, 6) is 1.89. The lowest BCUT2D eigenvalue weighted by molar-refractivity contribution is 0.469. The molecule has 0 radical (unpaired) electrons. The second-order valence-corrected chi connectivity index (χ2v) is 5.98. The number of imidazole rings is 1. The van der Waals surface area contributed by atoms with E-state index in [4.69, 9.17) is 4.99 Å². The molecule has 2 aromatic rings. The average molecular weight is 467 g/mol. The average Bonchev–Trinajstić information content (AvgIpc) is 3.06. The van der Waals surface area contributed by atoms with E-state index in [1.54, 1.807) is 0 Å². The van der Waals surface area contributed by atoms with Crippen LogP contribution in [0.5, 0.6) is 0 Å². The molecule has 0 fully saturated rings. The minimum Gasteiger partial charge on any atom is -0.357 e. The molecule has 0 spiro atoms. The normalized spacial score (nSPS) is 10.9. The van der Waals surface area contributed by atoms with Gasteiger partial charge < -0.3 is 14.8 Å². The Balaban J connectivity index is 0.00000338. The van der Waals surface area contributed by atoms with Crippen LogP contribution >= 0.6 is 24.0 Å². The second kappa shape index (κ2) is 12.5. The van der Waals surface area contributed by atoms with Gasteiger partial charge in [0.25, 0.3) is 0 Å². The fourth-order valence-electron chi connectivity index (χ4n) is 2.61. The monoisotopic (exact) mass is 467 g/mol. The van der Waals surface area contributed by atoms with Gasteiger partial charge in [0.05, 0.1) is 0 Å². The molecule has 0 aliphatic carbocycles. The quantitative estimate of drug-likeness (QED) is 0.200. The maximum atomic E-state index is 4.76. The maximum Gasteiger partial charge on any atom is 0.194 e. The number of allylic oxidation sites excluding steroid dienone is 1. The maximum absolute atomic E-state index is 4.76. The number of halogens is 1. The van der Waals surface area contributed by atoms with Crippen molar-refractivity contribution < 1.29 is 0 Å². The summed E-state index contributed by atoms with van der Waals surface area (Å²) in [4.78, 5) is 11.4. The lowest BCUT2D eigenvalue weighted by Crippen LogP contribution is -2.39. The molecule has 0 aliphatic heterocycles. The zero-order valence-corrected chi connectivity index (χ0v) is 18.1. The first-order valence-corrected chi connectivity index (χ1v) is 8.89. The van der Waals surface area contributed by atoms with E-state index < -0.39 is 0 Å².